The van der Waals surface area contributed by atoms with E-state index in [1.165, 1.54) is 22.3 Å². The normalized spacial score (nSPS) is 15.4. The number of benzene rings is 2. The molecule has 3 aromatic rings. The van der Waals surface area contributed by atoms with E-state index in [9.17, 15) is 0 Å². The zero-order chi connectivity index (χ0) is 22.9. The Morgan fingerprint density at radius 1 is 1.03 bits per heavy atom. The lowest BCUT2D eigenvalue weighted by atomic mass is 9.88. The number of fused-ring (bicyclic) bond motifs is 1. The first-order valence-electron chi connectivity index (χ1n) is 11.5. The van der Waals surface area contributed by atoms with Crippen LogP contribution in [0, 0.1) is 19.3 Å². The Morgan fingerprint density at radius 2 is 1.78 bits per heavy atom. The molecule has 5 heteroatoms. The molecule has 1 aliphatic rings. The predicted molar refractivity (Wildman–Crippen MR) is 137 cm³/mol. The lowest BCUT2D eigenvalue weighted by Crippen LogP contribution is -2.31. The van der Waals surface area contributed by atoms with E-state index in [0.717, 1.165) is 41.9 Å². The van der Waals surface area contributed by atoms with Gasteiger partial charge in [-0.05, 0) is 74.1 Å². The molecule has 32 heavy (non-hydrogen) atoms. The third-order valence-electron chi connectivity index (χ3n) is 6.27. The second-order valence-corrected chi connectivity index (χ2v) is 10.0. The average Bonchev–Trinajstić information content (AvgIpc) is 2.72. The van der Waals surface area contributed by atoms with Gasteiger partial charge in [-0.2, -0.15) is 4.98 Å². The summed E-state index contributed by atoms with van der Waals surface area (Å²) in [5.41, 5.74) is 7.08. The Morgan fingerprint density at radius 3 is 2.44 bits per heavy atom. The first-order chi connectivity index (χ1) is 15.2. The first-order valence-corrected chi connectivity index (χ1v) is 11.5. The lowest BCUT2D eigenvalue weighted by Gasteiger charge is -2.29. The number of hydrogen-bond donors (Lipinski definition) is 3. The molecule has 1 aromatic heterocycles. The van der Waals surface area contributed by atoms with Gasteiger partial charge in [0.2, 0.25) is 5.95 Å². The van der Waals surface area contributed by atoms with E-state index in [-0.39, 0.29) is 11.5 Å². The van der Waals surface area contributed by atoms with Gasteiger partial charge in [-0.1, -0.05) is 45.0 Å². The molecule has 0 radical (unpaired) electrons. The summed E-state index contributed by atoms with van der Waals surface area (Å²) in [7, 11) is 0. The van der Waals surface area contributed by atoms with Crippen LogP contribution in [0.1, 0.15) is 50.8 Å². The van der Waals surface area contributed by atoms with Crippen molar-refractivity contribution in [2.24, 2.45) is 5.41 Å². The predicted octanol–water partition coefficient (Wildman–Crippen LogP) is 6.21. The van der Waals surface area contributed by atoms with Gasteiger partial charge in [0.15, 0.2) is 0 Å². The monoisotopic (exact) mass is 429 g/mol. The third-order valence-corrected chi connectivity index (χ3v) is 6.27. The van der Waals surface area contributed by atoms with Crippen molar-refractivity contribution in [2.45, 2.75) is 54.0 Å². The van der Waals surface area contributed by atoms with Gasteiger partial charge in [0, 0.05) is 29.2 Å². The highest BCUT2D eigenvalue weighted by Gasteiger charge is 2.22. The van der Waals surface area contributed by atoms with Gasteiger partial charge in [-0.3, -0.25) is 0 Å². The van der Waals surface area contributed by atoms with Gasteiger partial charge in [-0.15, -0.1) is 0 Å². The van der Waals surface area contributed by atoms with Crippen molar-refractivity contribution >= 4 is 33.9 Å². The molecular formula is C27H35N5. The standard InChI is InChI=1S/C27H35N5/c1-17-14-18(2)16-21(15-17)30-26-31-24-22(20-10-12-28-13-11-20)8-7-9-23(24)25(32-26)29-19(3)27(4,5)6/h7-10,14-16,19,28H,11-13H2,1-6H3,(H2,29,30,31,32)/t19-/m1/s1. The molecule has 2 heterocycles. The van der Waals surface area contributed by atoms with Crippen LogP contribution in [0.15, 0.2) is 42.5 Å². The smallest absolute Gasteiger partial charge is 0.229 e. The van der Waals surface area contributed by atoms with Crippen LogP contribution in [-0.4, -0.2) is 29.1 Å². The zero-order valence-corrected chi connectivity index (χ0v) is 20.1. The second kappa shape index (κ2) is 8.91. The maximum Gasteiger partial charge on any atom is 0.229 e. The molecule has 4 rings (SSSR count). The highest BCUT2D eigenvalue weighted by Crippen LogP contribution is 2.33. The summed E-state index contributed by atoms with van der Waals surface area (Å²) in [5, 5.41) is 11.6. The highest BCUT2D eigenvalue weighted by molar-refractivity contribution is 5.98. The summed E-state index contributed by atoms with van der Waals surface area (Å²) >= 11 is 0. The molecule has 0 unspecified atom stereocenters. The third kappa shape index (κ3) is 4.94. The number of anilines is 3. The van der Waals surface area contributed by atoms with Crippen molar-refractivity contribution < 1.29 is 0 Å². The largest absolute Gasteiger partial charge is 0.366 e. The lowest BCUT2D eigenvalue weighted by molar-refractivity contribution is 0.359. The molecular weight excluding hydrogens is 394 g/mol. The van der Waals surface area contributed by atoms with Crippen LogP contribution in [0.2, 0.25) is 0 Å². The van der Waals surface area contributed by atoms with Gasteiger partial charge in [0.1, 0.15) is 5.82 Å². The maximum absolute atomic E-state index is 5.01. The topological polar surface area (TPSA) is 61.9 Å². The molecule has 3 N–H and O–H groups in total. The van der Waals surface area contributed by atoms with Gasteiger partial charge < -0.3 is 16.0 Å². The number of para-hydroxylation sites is 1. The minimum Gasteiger partial charge on any atom is -0.366 e. The minimum absolute atomic E-state index is 0.105. The number of nitrogens with one attached hydrogen (secondary N) is 3. The average molecular weight is 430 g/mol. The molecule has 1 atom stereocenters. The fourth-order valence-electron chi connectivity index (χ4n) is 4.04. The SMILES string of the molecule is Cc1cc(C)cc(Nc2nc(N[C@H](C)C(C)(C)C)c3cccc(C4=CCNCC4)c3n2)c1. The number of nitrogens with zero attached hydrogens (tertiary/aromatic N) is 2. The van der Waals surface area contributed by atoms with Crippen LogP contribution in [0.5, 0.6) is 0 Å². The second-order valence-electron chi connectivity index (χ2n) is 10.0. The number of hydrogen-bond acceptors (Lipinski definition) is 5. The molecule has 0 aliphatic carbocycles. The van der Waals surface area contributed by atoms with Gasteiger partial charge in [0.25, 0.3) is 0 Å². The van der Waals surface area contributed by atoms with Crippen LogP contribution in [0.25, 0.3) is 16.5 Å². The summed E-state index contributed by atoms with van der Waals surface area (Å²) in [5.74, 6) is 1.49. The minimum atomic E-state index is 0.105. The summed E-state index contributed by atoms with van der Waals surface area (Å²) in [6, 6.07) is 13.1. The van der Waals surface area contributed by atoms with Crippen LogP contribution in [-0.2, 0) is 0 Å². The van der Waals surface area contributed by atoms with Crippen molar-refractivity contribution in [1.82, 2.24) is 15.3 Å². The number of rotatable bonds is 5. The van der Waals surface area contributed by atoms with E-state index in [0.29, 0.717) is 5.95 Å². The Balaban J connectivity index is 1.85. The molecule has 0 saturated heterocycles. The summed E-state index contributed by atoms with van der Waals surface area (Å²) in [6.07, 6.45) is 3.28. The van der Waals surface area contributed by atoms with Gasteiger partial charge >= 0.3 is 0 Å². The van der Waals surface area contributed by atoms with Crippen LogP contribution < -0.4 is 16.0 Å². The van der Waals surface area contributed by atoms with Crippen LogP contribution in [0.3, 0.4) is 0 Å². The van der Waals surface area contributed by atoms with Gasteiger partial charge in [-0.25, -0.2) is 4.98 Å². The number of aromatic nitrogens is 2. The molecule has 0 amide bonds. The van der Waals surface area contributed by atoms with E-state index in [1.807, 2.05) is 0 Å². The van der Waals surface area contributed by atoms with E-state index in [4.69, 9.17) is 9.97 Å². The maximum atomic E-state index is 5.01. The Labute approximate surface area is 191 Å². The van der Waals surface area contributed by atoms with Crippen molar-refractivity contribution in [3.8, 4) is 0 Å². The Hall–Kier alpha value is -2.92. The molecule has 0 bridgehead atoms. The first kappa shape index (κ1) is 22.3. The fraction of sp³-hybridized carbons (Fsp3) is 0.407. The van der Waals surface area contributed by atoms with Crippen molar-refractivity contribution in [3.05, 3.63) is 59.2 Å². The Bertz CT molecular complexity index is 1140. The summed E-state index contributed by atoms with van der Waals surface area (Å²) < 4.78 is 0. The number of aryl methyl sites for hydroxylation is 2. The molecule has 0 spiro atoms. The van der Waals surface area contributed by atoms with Crippen molar-refractivity contribution in [2.75, 3.05) is 23.7 Å². The van der Waals surface area contributed by atoms with Crippen LogP contribution in [0.4, 0.5) is 17.5 Å². The molecule has 0 fully saturated rings. The molecule has 5 nitrogen and oxygen atoms in total. The molecule has 0 saturated carbocycles. The Kier molecular flexibility index (Phi) is 6.20. The molecule has 168 valence electrons. The summed E-state index contributed by atoms with van der Waals surface area (Å²) in [6.45, 7) is 15.1. The van der Waals surface area contributed by atoms with E-state index in [1.54, 1.807) is 0 Å². The highest BCUT2D eigenvalue weighted by atomic mass is 15.2. The molecule has 1 aliphatic heterocycles. The van der Waals surface area contributed by atoms with Crippen LogP contribution >= 0.6 is 0 Å². The van der Waals surface area contributed by atoms with E-state index < -0.39 is 0 Å². The zero-order valence-electron chi connectivity index (χ0n) is 20.1. The fourth-order valence-corrected chi connectivity index (χ4v) is 4.04. The summed E-state index contributed by atoms with van der Waals surface area (Å²) in [4.78, 5) is 9.94. The van der Waals surface area contributed by atoms with E-state index in [2.05, 4.69) is 100.0 Å². The van der Waals surface area contributed by atoms with Gasteiger partial charge in [0.05, 0.1) is 5.52 Å². The van der Waals surface area contributed by atoms with E-state index >= 15 is 0 Å². The quantitative estimate of drug-likeness (QED) is 0.450. The van der Waals surface area contributed by atoms with Crippen molar-refractivity contribution in [1.29, 1.82) is 0 Å². The molecule has 2 aromatic carbocycles. The van der Waals surface area contributed by atoms with Crippen molar-refractivity contribution in [3.63, 3.8) is 0 Å².